The van der Waals surface area contributed by atoms with E-state index in [9.17, 15) is 9.90 Å². The van der Waals surface area contributed by atoms with Crippen LogP contribution in [0.2, 0.25) is 0 Å². The summed E-state index contributed by atoms with van der Waals surface area (Å²) in [5, 5.41) is 9.47. The lowest BCUT2D eigenvalue weighted by Gasteiger charge is -2.26. The van der Waals surface area contributed by atoms with E-state index in [1.807, 2.05) is 0 Å². The number of esters is 1. The Kier molecular flexibility index (Phi) is 7.48. The third kappa shape index (κ3) is 6.19. The molecule has 0 aromatic heterocycles. The first-order valence-electron chi connectivity index (χ1n) is 10.7. The summed E-state index contributed by atoms with van der Waals surface area (Å²) in [6.07, 6.45) is -0.276. The maximum Gasteiger partial charge on any atom is 0.306 e. The van der Waals surface area contributed by atoms with E-state index in [2.05, 4.69) is 91.5 Å². The largest absolute Gasteiger partial charge is 0.460 e. The summed E-state index contributed by atoms with van der Waals surface area (Å²) in [6.45, 7) is 7.48. The number of anilines is 3. The van der Waals surface area contributed by atoms with Crippen molar-refractivity contribution in [1.29, 1.82) is 0 Å². The Balaban J connectivity index is 1.77. The molecule has 4 heteroatoms. The zero-order valence-electron chi connectivity index (χ0n) is 18.7. The lowest BCUT2D eigenvalue weighted by atomic mass is 10.1. The van der Waals surface area contributed by atoms with Gasteiger partial charge in [-0.15, -0.1) is 0 Å². The third-order valence-electron chi connectivity index (χ3n) is 5.39. The van der Waals surface area contributed by atoms with E-state index in [4.69, 9.17) is 4.74 Å². The summed E-state index contributed by atoms with van der Waals surface area (Å²) in [4.78, 5) is 14.2. The Morgan fingerprint density at radius 1 is 0.806 bits per heavy atom. The van der Waals surface area contributed by atoms with Gasteiger partial charge in [0.25, 0.3) is 0 Å². The standard InChI is InChI=1S/C27H31NO3/c1-19-5-12-24(13-6-19)28(25-14-7-20(2)8-15-25)26-16-9-23(10-17-26)11-18-27(30)31-22(4)21(3)29/h5-10,12-17,21-22,29H,11,18H2,1-4H3. The van der Waals surface area contributed by atoms with Gasteiger partial charge in [0, 0.05) is 23.5 Å². The molecule has 0 heterocycles. The average Bonchev–Trinajstić information content (AvgIpc) is 2.76. The molecule has 0 bridgehead atoms. The van der Waals surface area contributed by atoms with Crippen LogP contribution in [0.25, 0.3) is 0 Å². The van der Waals surface area contributed by atoms with E-state index in [-0.39, 0.29) is 12.4 Å². The summed E-state index contributed by atoms with van der Waals surface area (Å²) in [7, 11) is 0. The van der Waals surface area contributed by atoms with E-state index in [0.29, 0.717) is 6.42 Å². The molecule has 31 heavy (non-hydrogen) atoms. The van der Waals surface area contributed by atoms with Crippen molar-refractivity contribution in [2.45, 2.75) is 52.7 Å². The number of ether oxygens (including phenoxy) is 1. The van der Waals surface area contributed by atoms with Crippen molar-refractivity contribution in [1.82, 2.24) is 0 Å². The molecule has 0 spiro atoms. The average molecular weight is 418 g/mol. The molecule has 3 aromatic rings. The van der Waals surface area contributed by atoms with Gasteiger partial charge in [0.15, 0.2) is 0 Å². The molecule has 2 atom stereocenters. The molecule has 162 valence electrons. The number of aryl methyl sites for hydroxylation is 3. The molecule has 0 aliphatic carbocycles. The minimum absolute atomic E-state index is 0.288. The molecule has 0 saturated heterocycles. The number of nitrogens with zero attached hydrogens (tertiary/aromatic N) is 1. The Labute approximate surface area is 185 Å². The van der Waals surface area contributed by atoms with Crippen LogP contribution in [0.5, 0.6) is 0 Å². The number of hydrogen-bond donors (Lipinski definition) is 1. The Bertz CT molecular complexity index is 931. The van der Waals surface area contributed by atoms with Gasteiger partial charge in [-0.3, -0.25) is 4.79 Å². The Morgan fingerprint density at radius 3 is 1.65 bits per heavy atom. The molecule has 0 aliphatic rings. The van der Waals surface area contributed by atoms with Crippen LogP contribution in [-0.4, -0.2) is 23.3 Å². The number of aliphatic hydroxyl groups is 1. The number of aliphatic hydroxyl groups excluding tert-OH is 1. The highest BCUT2D eigenvalue weighted by molar-refractivity contribution is 5.76. The molecule has 1 N–H and O–H groups in total. The van der Waals surface area contributed by atoms with Gasteiger partial charge in [0.1, 0.15) is 6.10 Å². The summed E-state index contributed by atoms with van der Waals surface area (Å²) in [5.74, 6) is -0.293. The van der Waals surface area contributed by atoms with Gasteiger partial charge >= 0.3 is 5.97 Å². The quantitative estimate of drug-likeness (QED) is 0.456. The molecule has 0 fully saturated rings. The first-order valence-corrected chi connectivity index (χ1v) is 10.7. The van der Waals surface area contributed by atoms with Crippen LogP contribution >= 0.6 is 0 Å². The molecule has 3 aromatic carbocycles. The van der Waals surface area contributed by atoms with Crippen LogP contribution in [-0.2, 0) is 16.0 Å². The van der Waals surface area contributed by atoms with E-state index in [1.165, 1.54) is 11.1 Å². The molecule has 0 aliphatic heterocycles. The smallest absolute Gasteiger partial charge is 0.306 e. The van der Waals surface area contributed by atoms with E-state index in [1.54, 1.807) is 13.8 Å². The lowest BCUT2D eigenvalue weighted by Crippen LogP contribution is -2.25. The van der Waals surface area contributed by atoms with Crippen LogP contribution in [0.1, 0.15) is 37.0 Å². The maximum absolute atomic E-state index is 12.0. The van der Waals surface area contributed by atoms with Crippen LogP contribution in [0.15, 0.2) is 72.8 Å². The SMILES string of the molecule is Cc1ccc(N(c2ccc(C)cc2)c2ccc(CCC(=O)OC(C)C(C)O)cc2)cc1. The van der Waals surface area contributed by atoms with Gasteiger partial charge in [0.05, 0.1) is 6.10 Å². The number of rotatable bonds is 8. The summed E-state index contributed by atoms with van der Waals surface area (Å²) < 4.78 is 5.23. The van der Waals surface area contributed by atoms with Crippen LogP contribution < -0.4 is 4.90 Å². The van der Waals surface area contributed by atoms with Gasteiger partial charge in [-0.25, -0.2) is 0 Å². The molecule has 3 rings (SSSR count). The van der Waals surface area contributed by atoms with E-state index < -0.39 is 12.2 Å². The second-order valence-electron chi connectivity index (χ2n) is 8.11. The minimum Gasteiger partial charge on any atom is -0.460 e. The van der Waals surface area contributed by atoms with Crippen molar-refractivity contribution >= 4 is 23.0 Å². The monoisotopic (exact) mass is 417 g/mol. The fraction of sp³-hybridized carbons (Fsp3) is 0.296. The van der Waals surface area contributed by atoms with Crippen molar-refractivity contribution < 1.29 is 14.6 Å². The number of benzene rings is 3. The number of hydrogen-bond acceptors (Lipinski definition) is 4. The third-order valence-corrected chi connectivity index (χ3v) is 5.39. The zero-order chi connectivity index (χ0) is 22.4. The second kappa shape index (κ2) is 10.3. The van der Waals surface area contributed by atoms with Gasteiger partial charge in [0.2, 0.25) is 0 Å². The molecule has 0 amide bonds. The predicted octanol–water partition coefficient (Wildman–Crippen LogP) is 6.02. The summed E-state index contributed by atoms with van der Waals surface area (Å²) in [6, 6.07) is 25.2. The van der Waals surface area contributed by atoms with E-state index in [0.717, 1.165) is 22.6 Å². The summed E-state index contributed by atoms with van der Waals surface area (Å²) >= 11 is 0. The fourth-order valence-electron chi connectivity index (χ4n) is 3.26. The van der Waals surface area contributed by atoms with Crippen molar-refractivity contribution in [3.05, 3.63) is 89.5 Å². The van der Waals surface area contributed by atoms with Gasteiger partial charge < -0.3 is 14.7 Å². The molecular formula is C27H31NO3. The normalized spacial score (nSPS) is 12.8. The van der Waals surface area contributed by atoms with Gasteiger partial charge in [-0.2, -0.15) is 0 Å². The lowest BCUT2D eigenvalue weighted by molar-refractivity contribution is -0.153. The molecule has 4 nitrogen and oxygen atoms in total. The van der Waals surface area contributed by atoms with Crippen molar-refractivity contribution in [2.24, 2.45) is 0 Å². The van der Waals surface area contributed by atoms with Crippen molar-refractivity contribution in [3.63, 3.8) is 0 Å². The molecular weight excluding hydrogens is 386 g/mol. The first-order chi connectivity index (χ1) is 14.8. The molecule has 2 unspecified atom stereocenters. The van der Waals surface area contributed by atoms with Crippen LogP contribution in [0, 0.1) is 13.8 Å². The highest BCUT2D eigenvalue weighted by Gasteiger charge is 2.15. The number of carbonyl (C=O) groups is 1. The second-order valence-corrected chi connectivity index (χ2v) is 8.11. The predicted molar refractivity (Wildman–Crippen MR) is 126 cm³/mol. The van der Waals surface area contributed by atoms with Crippen LogP contribution in [0.4, 0.5) is 17.1 Å². The van der Waals surface area contributed by atoms with Crippen LogP contribution in [0.3, 0.4) is 0 Å². The van der Waals surface area contributed by atoms with Crippen molar-refractivity contribution in [3.8, 4) is 0 Å². The Morgan fingerprint density at radius 2 is 1.23 bits per heavy atom. The molecule has 0 radical (unpaired) electrons. The maximum atomic E-state index is 12.0. The van der Waals surface area contributed by atoms with Gasteiger partial charge in [-0.1, -0.05) is 47.5 Å². The highest BCUT2D eigenvalue weighted by Crippen LogP contribution is 2.34. The number of carbonyl (C=O) groups excluding carboxylic acids is 1. The summed E-state index contributed by atoms with van der Waals surface area (Å²) in [5.41, 5.74) is 6.76. The zero-order valence-corrected chi connectivity index (χ0v) is 18.7. The minimum atomic E-state index is -0.669. The Hall–Kier alpha value is -3.11. The molecule has 0 saturated carbocycles. The fourth-order valence-corrected chi connectivity index (χ4v) is 3.26. The first kappa shape index (κ1) is 22.6. The van der Waals surface area contributed by atoms with E-state index >= 15 is 0 Å². The topological polar surface area (TPSA) is 49.8 Å². The highest BCUT2D eigenvalue weighted by atomic mass is 16.6. The van der Waals surface area contributed by atoms with Gasteiger partial charge in [-0.05, 0) is 76.1 Å². The van der Waals surface area contributed by atoms with Crippen molar-refractivity contribution in [2.75, 3.05) is 4.90 Å².